The van der Waals surface area contributed by atoms with Crippen molar-refractivity contribution in [1.82, 2.24) is 10.1 Å². The first-order valence-electron chi connectivity index (χ1n) is 23.7. The molecule has 0 aromatic heterocycles. The molecule has 3 unspecified atom stereocenters. The highest BCUT2D eigenvalue weighted by molar-refractivity contribution is 14.1. The second-order valence-electron chi connectivity index (χ2n) is 18.6. The van der Waals surface area contributed by atoms with E-state index < -0.39 is 84.2 Å². The van der Waals surface area contributed by atoms with Gasteiger partial charge in [0.25, 0.3) is 33.7 Å². The van der Waals surface area contributed by atoms with E-state index in [9.17, 15) is 54.7 Å². The van der Waals surface area contributed by atoms with Crippen LogP contribution in [0.2, 0.25) is 0 Å². The van der Waals surface area contributed by atoms with Crippen LogP contribution in [0.4, 0.5) is 11.4 Å². The normalized spacial score (nSPS) is 21.1. The summed E-state index contributed by atoms with van der Waals surface area (Å²) in [5.41, 5.74) is 2.23. The summed E-state index contributed by atoms with van der Waals surface area (Å²) < 4.78 is 78.9. The molecule has 0 spiro atoms. The molecule has 75 heavy (non-hydrogen) atoms. The fraction of sp³-hybridized carbons (Fsp3) is 0.449. The van der Waals surface area contributed by atoms with E-state index in [0.29, 0.717) is 65.6 Å². The lowest BCUT2D eigenvalue weighted by molar-refractivity contribution is -0.437. The third-order valence-corrected chi connectivity index (χ3v) is 25.0. The molecule has 18 nitrogen and oxygen atoms in total. The van der Waals surface area contributed by atoms with Crippen LogP contribution >= 0.6 is 136 Å². The summed E-state index contributed by atoms with van der Waals surface area (Å²) in [6.45, 7) is 6.09. The third-order valence-electron chi connectivity index (χ3n) is 13.4. The number of carbonyl (C=O) groups is 6. The minimum Gasteiger partial charge on any atom is -0.748 e. The first kappa shape index (κ1) is 62.5. The standard InChI is InChI=1S/C49H52I6N4O14S2/c1-4-5-15-29(47(65)73-59-38(62)21-22-39(59)63)49(3)35(57(28-75(69,70)71)33-27-31(51)44(53)46(55)42(33)49)17-11-8-6-7-10-16-34-48(2,23-13-9-12-18-40(64)72-58-36(60)19-20-37(58)61)41-32(26-30(50)43(52)45(41)54)56(34)24-14-25-74(66,67)68/h6-8,10-11,16-17,26-27,29H,4-5,9,12-15,18-25,28H2,1-3H3,(H-,66,67,68,69,70,71). The molecule has 0 saturated carbocycles. The maximum absolute atomic E-state index is 14.4. The van der Waals surface area contributed by atoms with Gasteiger partial charge in [0.2, 0.25) is 5.69 Å². The number of carbonyl (C=O) groups excluding carboxylic acids is 6. The topological polar surface area (TPSA) is 245 Å². The quantitative estimate of drug-likeness (QED) is 0.0207. The fourth-order valence-corrected chi connectivity index (χ4v) is 16.3. The van der Waals surface area contributed by atoms with E-state index in [4.69, 9.17) is 9.68 Å². The van der Waals surface area contributed by atoms with E-state index in [1.165, 1.54) is 4.90 Å². The zero-order valence-electron chi connectivity index (χ0n) is 40.7. The summed E-state index contributed by atoms with van der Waals surface area (Å²) in [6, 6.07) is 3.85. The summed E-state index contributed by atoms with van der Waals surface area (Å²) in [4.78, 5) is 88.4. The summed E-state index contributed by atoms with van der Waals surface area (Å²) in [7, 11) is -9.18. The van der Waals surface area contributed by atoms with Crippen LogP contribution < -0.4 is 4.90 Å². The van der Waals surface area contributed by atoms with Crippen LogP contribution in [0, 0.1) is 27.3 Å². The number of nitrogens with zero attached hydrogens (tertiary/aromatic N) is 4. The predicted octanol–water partition coefficient (Wildman–Crippen LogP) is 9.75. The van der Waals surface area contributed by atoms with Gasteiger partial charge >= 0.3 is 11.9 Å². The number of allylic oxidation sites excluding steroid dienone is 8. The Labute approximate surface area is 518 Å². The number of amides is 4. The molecule has 2 aromatic rings. The van der Waals surface area contributed by atoms with Crippen molar-refractivity contribution >= 4 is 208 Å². The van der Waals surface area contributed by atoms with Gasteiger partial charge in [0.1, 0.15) is 6.54 Å². The Balaban J connectivity index is 1.35. The van der Waals surface area contributed by atoms with Crippen LogP contribution in [0.3, 0.4) is 0 Å². The molecule has 26 heteroatoms. The summed E-state index contributed by atoms with van der Waals surface area (Å²) in [5.74, 6) is -6.33. The van der Waals surface area contributed by atoms with Crippen molar-refractivity contribution in [3.8, 4) is 0 Å². The van der Waals surface area contributed by atoms with Crippen molar-refractivity contribution in [3.05, 3.63) is 92.9 Å². The highest BCUT2D eigenvalue weighted by atomic mass is 127. The highest BCUT2D eigenvalue weighted by Gasteiger charge is 2.55. The van der Waals surface area contributed by atoms with Crippen LogP contribution in [-0.2, 0) is 69.5 Å². The van der Waals surface area contributed by atoms with Crippen molar-refractivity contribution in [2.45, 2.75) is 115 Å². The van der Waals surface area contributed by atoms with Gasteiger partial charge in [-0.1, -0.05) is 63.0 Å². The number of fused-ring (bicyclic) bond motifs is 2. The van der Waals surface area contributed by atoms with Crippen LogP contribution in [0.5, 0.6) is 0 Å². The van der Waals surface area contributed by atoms with Crippen molar-refractivity contribution < 1.29 is 69.0 Å². The Kier molecular flexibility index (Phi) is 21.9. The molecule has 0 aliphatic carbocycles. The molecule has 3 atom stereocenters. The van der Waals surface area contributed by atoms with Gasteiger partial charge in [-0.2, -0.15) is 13.0 Å². The lowest BCUT2D eigenvalue weighted by Crippen LogP contribution is -2.44. The highest BCUT2D eigenvalue weighted by Crippen LogP contribution is 2.57. The summed E-state index contributed by atoms with van der Waals surface area (Å²) in [6.07, 6.45) is 16.0. The van der Waals surface area contributed by atoms with Crippen LogP contribution in [0.25, 0.3) is 0 Å². The second kappa shape index (κ2) is 26.3. The molecule has 4 aliphatic heterocycles. The molecule has 2 fully saturated rings. The molecule has 2 saturated heterocycles. The molecule has 4 amide bonds. The van der Waals surface area contributed by atoms with Gasteiger partial charge in [0.05, 0.1) is 27.0 Å². The van der Waals surface area contributed by atoms with Crippen LogP contribution in [0.1, 0.15) is 115 Å². The number of hydrogen-bond donors (Lipinski definition) is 1. The maximum atomic E-state index is 14.4. The maximum Gasteiger partial charge on any atom is 0.337 e. The van der Waals surface area contributed by atoms with Crippen molar-refractivity contribution in [2.24, 2.45) is 5.92 Å². The van der Waals surface area contributed by atoms with E-state index in [0.717, 1.165) is 38.4 Å². The number of hydroxylamine groups is 4. The van der Waals surface area contributed by atoms with Gasteiger partial charge in [-0.3, -0.25) is 23.7 Å². The molecule has 1 N–H and O–H groups in total. The third kappa shape index (κ3) is 14.4. The summed E-state index contributed by atoms with van der Waals surface area (Å²) >= 11 is 13.4. The Morgan fingerprint density at radius 2 is 1.32 bits per heavy atom. The van der Waals surface area contributed by atoms with E-state index in [1.54, 1.807) is 43.4 Å². The summed E-state index contributed by atoms with van der Waals surface area (Å²) in [5, 5.41) is 1.05. The first-order valence-corrected chi connectivity index (χ1v) is 33.4. The number of benzene rings is 2. The molecule has 0 bridgehead atoms. The Morgan fingerprint density at radius 1 is 0.760 bits per heavy atom. The van der Waals surface area contributed by atoms with Gasteiger partial charge in [-0.15, -0.1) is 10.1 Å². The zero-order valence-corrected chi connectivity index (χ0v) is 55.3. The van der Waals surface area contributed by atoms with Crippen molar-refractivity contribution in [2.75, 3.05) is 23.1 Å². The molecule has 4 heterocycles. The predicted molar refractivity (Wildman–Crippen MR) is 328 cm³/mol. The SMILES string of the molecule is CCCCC(C(=O)ON1C(=O)CCC1=O)C1(C)/C(=C/C=C/C=C/C=C/C2=[N+](CCCS(=O)(=O)[O-])c3cc(I)c(I)c(I)c3C2(C)CCCCCC(=O)ON2C(=O)CCC2=O)N(CS(=O)(=O)O)c2cc(I)c(I)c(I)c21. The van der Waals surface area contributed by atoms with E-state index in [1.807, 2.05) is 19.1 Å². The molecule has 2 aromatic carbocycles. The van der Waals surface area contributed by atoms with Gasteiger partial charge in [0.15, 0.2) is 11.6 Å². The Bertz CT molecular complexity index is 3060. The number of rotatable bonds is 23. The van der Waals surface area contributed by atoms with Gasteiger partial charge < -0.3 is 19.1 Å². The van der Waals surface area contributed by atoms with Crippen molar-refractivity contribution in [3.63, 3.8) is 0 Å². The van der Waals surface area contributed by atoms with Gasteiger partial charge in [-0.05, 0) is 181 Å². The second-order valence-corrected chi connectivity index (χ2v) is 28.1. The fourth-order valence-electron chi connectivity index (χ4n) is 9.87. The zero-order chi connectivity index (χ0) is 55.4. The lowest BCUT2D eigenvalue weighted by atomic mass is 9.69. The molecular weight excluding hydrogens is 1690 g/mol. The molecule has 0 radical (unpaired) electrons. The van der Waals surface area contributed by atoms with E-state index >= 15 is 0 Å². The molecular formula is C49H52I6N4O14S2. The van der Waals surface area contributed by atoms with Crippen LogP contribution in [-0.4, -0.2) is 100 Å². The Morgan fingerprint density at radius 3 is 1.91 bits per heavy atom. The van der Waals surface area contributed by atoms with E-state index in [-0.39, 0.29) is 51.5 Å². The smallest absolute Gasteiger partial charge is 0.337 e. The molecule has 4 aliphatic rings. The number of unbranched alkanes of at least 4 members (excludes halogenated alkanes) is 3. The van der Waals surface area contributed by atoms with Gasteiger partial charge in [0, 0.05) is 100 Å². The molecule has 6 rings (SSSR count). The van der Waals surface area contributed by atoms with E-state index in [2.05, 4.69) is 153 Å². The average Bonchev–Trinajstić information content (AvgIpc) is 3.96. The lowest BCUT2D eigenvalue weighted by Gasteiger charge is -2.36. The number of halogens is 6. The number of hydrogen-bond acceptors (Lipinski definition) is 14. The molecule has 406 valence electrons. The minimum atomic E-state index is -4.67. The average molecular weight is 1750 g/mol. The largest absolute Gasteiger partial charge is 0.748 e. The monoisotopic (exact) mass is 1750 g/mol. The van der Waals surface area contributed by atoms with Crippen LogP contribution in [0.15, 0.2) is 60.4 Å². The number of imide groups is 2. The number of anilines is 1. The first-order chi connectivity index (χ1) is 35.2. The Hall–Kier alpha value is -1.71. The minimum absolute atomic E-state index is 0.00289. The van der Waals surface area contributed by atoms with Crippen molar-refractivity contribution in [1.29, 1.82) is 0 Å². The van der Waals surface area contributed by atoms with Gasteiger partial charge in [-0.25, -0.2) is 18.0 Å².